The second-order valence-electron chi connectivity index (χ2n) is 4.83. The van der Waals surface area contributed by atoms with Crippen LogP contribution in [0, 0.1) is 0 Å². The smallest absolute Gasteiger partial charge is 0.280 e. The molecule has 0 saturated heterocycles. The van der Waals surface area contributed by atoms with Crippen molar-refractivity contribution in [2.24, 2.45) is 0 Å². The zero-order valence-electron chi connectivity index (χ0n) is 11.6. The molecule has 0 atom stereocenters. The minimum absolute atomic E-state index is 0.0974. The fourth-order valence-corrected chi connectivity index (χ4v) is 2.73. The van der Waals surface area contributed by atoms with Crippen molar-refractivity contribution in [1.82, 2.24) is 19.1 Å². The van der Waals surface area contributed by atoms with Crippen LogP contribution in [0.15, 0.2) is 23.7 Å². The number of aromatic nitrogens is 4. The molecule has 0 radical (unpaired) electrons. The van der Waals surface area contributed by atoms with Crippen LogP contribution < -0.4 is 0 Å². The number of aryl methyl sites for hydroxylation is 1. The van der Waals surface area contributed by atoms with Crippen molar-refractivity contribution in [3.63, 3.8) is 0 Å². The monoisotopic (exact) mass is 316 g/mol. The highest BCUT2D eigenvalue weighted by Crippen LogP contribution is 2.21. The first-order valence-electron chi connectivity index (χ1n) is 6.33. The van der Waals surface area contributed by atoms with Crippen LogP contribution in [0.2, 0.25) is 0 Å². The van der Waals surface area contributed by atoms with Crippen LogP contribution in [0.3, 0.4) is 0 Å². The lowest BCUT2D eigenvalue weighted by Crippen LogP contribution is -2.09. The number of hydrogen-bond donors (Lipinski definition) is 0. The van der Waals surface area contributed by atoms with E-state index >= 15 is 0 Å². The molecule has 2 heterocycles. The summed E-state index contributed by atoms with van der Waals surface area (Å²) in [4.78, 5) is 8.23. The van der Waals surface area contributed by atoms with E-state index in [9.17, 15) is 8.42 Å². The van der Waals surface area contributed by atoms with Crippen molar-refractivity contribution in [3.05, 3.63) is 30.2 Å². The second kappa shape index (κ2) is 5.57. The fraction of sp³-hybridized carbons (Fsp3) is 0.500. The van der Waals surface area contributed by atoms with Crippen molar-refractivity contribution in [2.75, 3.05) is 0 Å². The molecule has 2 rings (SSSR count). The Kier molecular flexibility index (Phi) is 4.19. The summed E-state index contributed by atoms with van der Waals surface area (Å²) in [6.45, 7) is 7.26. The highest BCUT2D eigenvalue weighted by molar-refractivity contribution is 8.13. The van der Waals surface area contributed by atoms with E-state index in [0.29, 0.717) is 12.4 Å². The molecule has 0 unspecified atom stereocenters. The number of halogens is 1. The highest BCUT2D eigenvalue weighted by atomic mass is 35.7. The molecule has 110 valence electrons. The van der Waals surface area contributed by atoms with E-state index in [2.05, 4.69) is 9.97 Å². The Morgan fingerprint density at radius 3 is 2.60 bits per heavy atom. The second-order valence-corrected chi connectivity index (χ2v) is 7.34. The summed E-state index contributed by atoms with van der Waals surface area (Å²) in [5.41, 5.74) is 0.991. The summed E-state index contributed by atoms with van der Waals surface area (Å²) in [7, 11) is 1.55. The zero-order chi connectivity index (χ0) is 14.9. The average molecular weight is 317 g/mol. The SMILES string of the molecule is CCn1cncc1Cn1cc(S(=O)(=O)Cl)nc1C(C)C. The topological polar surface area (TPSA) is 69.8 Å². The third kappa shape index (κ3) is 3.04. The lowest BCUT2D eigenvalue weighted by molar-refractivity contribution is 0.606. The maximum absolute atomic E-state index is 11.4. The molecule has 0 N–H and O–H groups in total. The van der Waals surface area contributed by atoms with Gasteiger partial charge in [0.25, 0.3) is 9.05 Å². The Morgan fingerprint density at radius 1 is 1.35 bits per heavy atom. The Hall–Kier alpha value is -1.34. The summed E-state index contributed by atoms with van der Waals surface area (Å²) in [6.07, 6.45) is 4.99. The van der Waals surface area contributed by atoms with E-state index in [0.717, 1.165) is 12.2 Å². The molecular formula is C12H17ClN4O2S. The van der Waals surface area contributed by atoms with Gasteiger partial charge in [-0.1, -0.05) is 13.8 Å². The molecule has 0 aliphatic heterocycles. The molecule has 0 fully saturated rings. The molecule has 0 spiro atoms. The molecule has 2 aromatic heterocycles. The van der Waals surface area contributed by atoms with Gasteiger partial charge in [-0.05, 0) is 6.92 Å². The van der Waals surface area contributed by atoms with Crippen LogP contribution in [0.5, 0.6) is 0 Å². The Bertz CT molecular complexity index is 703. The van der Waals surface area contributed by atoms with Gasteiger partial charge in [-0.2, -0.15) is 0 Å². The molecule has 2 aromatic rings. The molecule has 0 aliphatic carbocycles. The third-order valence-electron chi connectivity index (χ3n) is 3.02. The highest BCUT2D eigenvalue weighted by Gasteiger charge is 2.20. The molecule has 20 heavy (non-hydrogen) atoms. The minimum Gasteiger partial charge on any atom is -0.333 e. The number of rotatable bonds is 5. The lowest BCUT2D eigenvalue weighted by Gasteiger charge is -2.11. The van der Waals surface area contributed by atoms with Gasteiger partial charge in [0.05, 0.1) is 18.6 Å². The van der Waals surface area contributed by atoms with Gasteiger partial charge < -0.3 is 9.13 Å². The van der Waals surface area contributed by atoms with Gasteiger partial charge in [-0.15, -0.1) is 0 Å². The molecule has 0 aliphatic rings. The maximum Gasteiger partial charge on any atom is 0.280 e. The van der Waals surface area contributed by atoms with Gasteiger partial charge in [0.1, 0.15) is 5.82 Å². The lowest BCUT2D eigenvalue weighted by atomic mass is 10.2. The maximum atomic E-state index is 11.4. The summed E-state index contributed by atoms with van der Waals surface area (Å²) in [5.74, 6) is 0.785. The van der Waals surface area contributed by atoms with E-state index in [-0.39, 0.29) is 10.9 Å². The molecule has 0 amide bonds. The zero-order valence-corrected chi connectivity index (χ0v) is 13.2. The number of hydrogen-bond acceptors (Lipinski definition) is 4. The van der Waals surface area contributed by atoms with Gasteiger partial charge in [0, 0.05) is 35.5 Å². The largest absolute Gasteiger partial charge is 0.333 e. The third-order valence-corrected chi connectivity index (χ3v) is 4.19. The van der Waals surface area contributed by atoms with E-state index in [1.807, 2.05) is 29.9 Å². The van der Waals surface area contributed by atoms with E-state index in [1.54, 1.807) is 12.5 Å². The van der Waals surface area contributed by atoms with Crippen LogP contribution in [0.25, 0.3) is 0 Å². The summed E-state index contributed by atoms with van der Waals surface area (Å²) in [6, 6.07) is 0. The quantitative estimate of drug-likeness (QED) is 0.793. The van der Waals surface area contributed by atoms with Crippen molar-refractivity contribution < 1.29 is 8.42 Å². The predicted molar refractivity (Wildman–Crippen MR) is 76.4 cm³/mol. The van der Waals surface area contributed by atoms with Crippen LogP contribution in [0.4, 0.5) is 0 Å². The first-order valence-corrected chi connectivity index (χ1v) is 8.64. The van der Waals surface area contributed by atoms with Gasteiger partial charge in [-0.25, -0.2) is 18.4 Å². The summed E-state index contributed by atoms with van der Waals surface area (Å²) >= 11 is 0. The number of imidazole rings is 2. The van der Waals surface area contributed by atoms with Crippen molar-refractivity contribution in [3.8, 4) is 0 Å². The normalized spacial score (nSPS) is 12.2. The fourth-order valence-electron chi connectivity index (χ4n) is 2.05. The standard InChI is InChI=1S/C12H17ClN4O2S/c1-4-16-8-14-5-10(16)6-17-7-11(20(13,18)19)15-12(17)9(2)3/h5,7-9H,4,6H2,1-3H3. The van der Waals surface area contributed by atoms with E-state index in [1.165, 1.54) is 6.20 Å². The molecule has 8 heteroatoms. The van der Waals surface area contributed by atoms with Gasteiger partial charge >= 0.3 is 0 Å². The van der Waals surface area contributed by atoms with Crippen LogP contribution in [-0.2, 0) is 22.1 Å². The van der Waals surface area contributed by atoms with Crippen molar-refractivity contribution >= 4 is 19.7 Å². The molecule has 6 nitrogen and oxygen atoms in total. The first-order chi connectivity index (χ1) is 9.32. The van der Waals surface area contributed by atoms with Crippen LogP contribution >= 0.6 is 10.7 Å². The first kappa shape index (κ1) is 15.1. The van der Waals surface area contributed by atoms with E-state index < -0.39 is 9.05 Å². The summed E-state index contributed by atoms with van der Waals surface area (Å²) < 4.78 is 26.6. The van der Waals surface area contributed by atoms with Crippen LogP contribution in [-0.4, -0.2) is 27.5 Å². The Labute approximate surface area is 122 Å². The minimum atomic E-state index is -3.81. The van der Waals surface area contributed by atoms with Crippen molar-refractivity contribution in [1.29, 1.82) is 0 Å². The Morgan fingerprint density at radius 2 is 2.05 bits per heavy atom. The molecule has 0 aromatic carbocycles. The Balaban J connectivity index is 2.43. The summed E-state index contributed by atoms with van der Waals surface area (Å²) in [5, 5.41) is -0.106. The van der Waals surface area contributed by atoms with Gasteiger partial charge in [0.15, 0.2) is 5.03 Å². The van der Waals surface area contributed by atoms with Crippen molar-refractivity contribution in [2.45, 2.75) is 44.8 Å². The van der Waals surface area contributed by atoms with Crippen LogP contribution in [0.1, 0.15) is 38.2 Å². The van der Waals surface area contributed by atoms with E-state index in [4.69, 9.17) is 10.7 Å². The molecule has 0 saturated carbocycles. The van der Waals surface area contributed by atoms with Gasteiger partial charge in [-0.3, -0.25) is 0 Å². The molecule has 0 bridgehead atoms. The average Bonchev–Trinajstić information content (AvgIpc) is 2.95. The molecular weight excluding hydrogens is 300 g/mol. The van der Waals surface area contributed by atoms with Gasteiger partial charge in [0.2, 0.25) is 0 Å². The predicted octanol–water partition coefficient (Wildman–Crippen LogP) is 2.20. The number of nitrogens with zero attached hydrogens (tertiary/aromatic N) is 4.